The molecule has 1 N–H and O–H groups in total. The van der Waals surface area contributed by atoms with Gasteiger partial charge in [-0.05, 0) is 46.0 Å². The molecule has 1 aromatic carbocycles. The quantitative estimate of drug-likeness (QED) is 0.860. The lowest BCUT2D eigenvalue weighted by Gasteiger charge is -2.14. The molecule has 0 saturated heterocycles. The number of hydrogen-bond acceptors (Lipinski definition) is 4. The molecule has 114 valence electrons. The van der Waals surface area contributed by atoms with Crippen molar-refractivity contribution in [3.8, 4) is 11.5 Å². The van der Waals surface area contributed by atoms with Crippen LogP contribution in [0, 0.1) is 4.77 Å². The molecule has 5 nitrogen and oxygen atoms in total. The molecule has 2 aromatic rings. The number of hydrogen-bond donors (Lipinski definition) is 1. The smallest absolute Gasteiger partial charge is 0.262 e. The van der Waals surface area contributed by atoms with Crippen LogP contribution in [0.2, 0.25) is 0 Å². The predicted octanol–water partition coefficient (Wildman–Crippen LogP) is 3.44. The molecule has 0 atom stereocenters. The van der Waals surface area contributed by atoms with Crippen LogP contribution in [0.3, 0.4) is 0 Å². The maximum atomic E-state index is 12.6. The maximum absolute atomic E-state index is 12.6. The van der Waals surface area contributed by atoms with E-state index in [2.05, 4.69) is 4.98 Å². The van der Waals surface area contributed by atoms with Crippen LogP contribution in [0.25, 0.3) is 10.9 Å². The van der Waals surface area contributed by atoms with Crippen molar-refractivity contribution in [2.45, 2.75) is 33.7 Å². The van der Waals surface area contributed by atoms with Gasteiger partial charge in [0, 0.05) is 12.1 Å². The molecule has 0 bridgehead atoms. The van der Waals surface area contributed by atoms with Gasteiger partial charge in [-0.2, -0.15) is 0 Å². The highest BCUT2D eigenvalue weighted by Gasteiger charge is 2.13. The molecule has 0 amide bonds. The molecular weight excluding hydrogens is 288 g/mol. The van der Waals surface area contributed by atoms with E-state index in [0.29, 0.717) is 40.4 Å². The van der Waals surface area contributed by atoms with Crippen LogP contribution >= 0.6 is 12.2 Å². The summed E-state index contributed by atoms with van der Waals surface area (Å²) < 4.78 is 13.1. The summed E-state index contributed by atoms with van der Waals surface area (Å²) in [4.78, 5) is 15.7. The van der Waals surface area contributed by atoms with Gasteiger partial charge in [-0.25, -0.2) is 0 Å². The minimum atomic E-state index is -0.118. The van der Waals surface area contributed by atoms with Crippen LogP contribution in [0.4, 0.5) is 0 Å². The van der Waals surface area contributed by atoms with Gasteiger partial charge < -0.3 is 14.5 Å². The molecule has 0 saturated carbocycles. The molecule has 0 aliphatic rings. The van der Waals surface area contributed by atoms with E-state index in [0.717, 1.165) is 0 Å². The minimum absolute atomic E-state index is 0.00670. The topological polar surface area (TPSA) is 56.2 Å². The fourth-order valence-corrected chi connectivity index (χ4v) is 2.65. The highest BCUT2D eigenvalue weighted by Crippen LogP contribution is 2.31. The summed E-state index contributed by atoms with van der Waals surface area (Å²) in [5.74, 6) is 1.18. The Labute approximate surface area is 128 Å². The zero-order valence-electron chi connectivity index (χ0n) is 12.7. The van der Waals surface area contributed by atoms with Gasteiger partial charge in [0.15, 0.2) is 16.3 Å². The van der Waals surface area contributed by atoms with Crippen molar-refractivity contribution in [2.75, 3.05) is 13.2 Å². The third-order valence-corrected chi connectivity index (χ3v) is 3.41. The highest BCUT2D eigenvalue weighted by molar-refractivity contribution is 7.71. The summed E-state index contributed by atoms with van der Waals surface area (Å²) in [6, 6.07) is 3.48. The first-order chi connectivity index (χ1) is 9.99. The molecule has 21 heavy (non-hydrogen) atoms. The number of benzene rings is 1. The summed E-state index contributed by atoms with van der Waals surface area (Å²) in [5.41, 5.74) is 0.543. The van der Waals surface area contributed by atoms with E-state index in [9.17, 15) is 4.79 Å². The zero-order valence-corrected chi connectivity index (χ0v) is 13.5. The Bertz CT molecular complexity index is 762. The molecule has 0 fully saturated rings. The number of rotatable bonds is 5. The first kappa shape index (κ1) is 15.6. The Kier molecular flexibility index (Phi) is 4.67. The Hall–Kier alpha value is -1.82. The first-order valence-corrected chi connectivity index (χ1v) is 7.48. The lowest BCUT2D eigenvalue weighted by Crippen LogP contribution is -2.24. The second kappa shape index (κ2) is 6.30. The van der Waals surface area contributed by atoms with Crippen molar-refractivity contribution in [2.24, 2.45) is 0 Å². The maximum Gasteiger partial charge on any atom is 0.262 e. The number of H-pyrrole nitrogens is 1. The fourth-order valence-electron chi connectivity index (χ4n) is 2.24. The normalized spacial score (nSPS) is 11.1. The van der Waals surface area contributed by atoms with E-state index < -0.39 is 0 Å². The second-order valence-electron chi connectivity index (χ2n) is 4.91. The number of ether oxygens (including phenoxy) is 2. The van der Waals surface area contributed by atoms with Crippen molar-refractivity contribution in [1.82, 2.24) is 9.55 Å². The summed E-state index contributed by atoms with van der Waals surface area (Å²) in [5, 5.41) is 0.546. The Morgan fingerprint density at radius 3 is 2.29 bits per heavy atom. The van der Waals surface area contributed by atoms with Crippen LogP contribution in [-0.4, -0.2) is 22.8 Å². The van der Waals surface area contributed by atoms with Crippen molar-refractivity contribution in [3.63, 3.8) is 0 Å². The summed E-state index contributed by atoms with van der Waals surface area (Å²) >= 11 is 5.27. The van der Waals surface area contributed by atoms with Gasteiger partial charge in [-0.1, -0.05) is 0 Å². The Morgan fingerprint density at radius 1 is 1.19 bits per heavy atom. The molecule has 0 spiro atoms. The Balaban J connectivity index is 2.79. The summed E-state index contributed by atoms with van der Waals surface area (Å²) in [6.07, 6.45) is 0. The molecule has 6 heteroatoms. The average Bonchev–Trinajstić information content (AvgIpc) is 2.40. The minimum Gasteiger partial charge on any atom is -0.490 e. The van der Waals surface area contributed by atoms with Crippen molar-refractivity contribution in [1.29, 1.82) is 0 Å². The first-order valence-electron chi connectivity index (χ1n) is 7.07. The van der Waals surface area contributed by atoms with E-state index >= 15 is 0 Å². The third kappa shape index (κ3) is 2.95. The van der Waals surface area contributed by atoms with Gasteiger partial charge in [0.2, 0.25) is 0 Å². The molecule has 0 aliphatic heterocycles. The van der Waals surface area contributed by atoms with E-state index in [1.54, 1.807) is 16.7 Å². The van der Waals surface area contributed by atoms with Crippen LogP contribution < -0.4 is 15.0 Å². The number of nitrogens with zero attached hydrogens (tertiary/aromatic N) is 1. The lowest BCUT2D eigenvalue weighted by atomic mass is 10.2. The zero-order chi connectivity index (χ0) is 15.6. The van der Waals surface area contributed by atoms with Gasteiger partial charge >= 0.3 is 0 Å². The fraction of sp³-hybridized carbons (Fsp3) is 0.467. The third-order valence-electron chi connectivity index (χ3n) is 3.11. The predicted molar refractivity (Wildman–Crippen MR) is 86.1 cm³/mol. The van der Waals surface area contributed by atoms with E-state index in [4.69, 9.17) is 21.7 Å². The van der Waals surface area contributed by atoms with Crippen LogP contribution in [0.15, 0.2) is 16.9 Å². The lowest BCUT2D eigenvalue weighted by molar-refractivity contribution is 0.288. The highest BCUT2D eigenvalue weighted by atomic mass is 32.1. The van der Waals surface area contributed by atoms with E-state index in [1.165, 1.54) is 0 Å². The van der Waals surface area contributed by atoms with Gasteiger partial charge in [-0.3, -0.25) is 9.36 Å². The van der Waals surface area contributed by atoms with Gasteiger partial charge in [0.1, 0.15) is 0 Å². The monoisotopic (exact) mass is 308 g/mol. The van der Waals surface area contributed by atoms with Gasteiger partial charge in [0.25, 0.3) is 5.56 Å². The van der Waals surface area contributed by atoms with Gasteiger partial charge in [0.05, 0.1) is 24.1 Å². The molecule has 0 aliphatic carbocycles. The van der Waals surface area contributed by atoms with E-state index in [-0.39, 0.29) is 11.6 Å². The standard InChI is InChI=1S/C15H20N2O3S/c1-5-19-12-7-10-11(8-13(12)20-6-2)16-15(21)17(9(3)4)14(10)18/h7-9H,5-6H2,1-4H3,(H,16,21). The Morgan fingerprint density at radius 2 is 1.76 bits per heavy atom. The van der Waals surface area contributed by atoms with Crippen LogP contribution in [-0.2, 0) is 0 Å². The van der Waals surface area contributed by atoms with E-state index in [1.807, 2.05) is 27.7 Å². The number of aromatic nitrogens is 2. The second-order valence-corrected chi connectivity index (χ2v) is 5.30. The molecule has 0 unspecified atom stereocenters. The SMILES string of the molecule is CCOc1cc2[nH]c(=S)n(C(C)C)c(=O)c2cc1OCC. The largest absolute Gasteiger partial charge is 0.490 e. The average molecular weight is 308 g/mol. The van der Waals surface area contributed by atoms with Crippen LogP contribution in [0.5, 0.6) is 11.5 Å². The molecule has 2 rings (SSSR count). The number of fused-ring (bicyclic) bond motifs is 1. The molecule has 1 aromatic heterocycles. The van der Waals surface area contributed by atoms with Crippen molar-refractivity contribution in [3.05, 3.63) is 27.3 Å². The van der Waals surface area contributed by atoms with Crippen LogP contribution in [0.1, 0.15) is 33.7 Å². The number of nitrogens with one attached hydrogen (secondary N) is 1. The molecular formula is C15H20N2O3S. The molecule has 1 heterocycles. The number of aromatic amines is 1. The van der Waals surface area contributed by atoms with Crippen molar-refractivity contribution < 1.29 is 9.47 Å². The summed E-state index contributed by atoms with van der Waals surface area (Å²) in [7, 11) is 0. The summed E-state index contributed by atoms with van der Waals surface area (Å²) in [6.45, 7) is 8.68. The molecule has 0 radical (unpaired) electrons. The van der Waals surface area contributed by atoms with Gasteiger partial charge in [-0.15, -0.1) is 0 Å². The van der Waals surface area contributed by atoms with Crippen molar-refractivity contribution >= 4 is 23.1 Å².